The van der Waals surface area contributed by atoms with Gasteiger partial charge in [-0.05, 0) is 65.6 Å². The Morgan fingerprint density at radius 1 is 0.912 bits per heavy atom. The number of rotatable bonds is 11. The van der Waals surface area contributed by atoms with E-state index in [2.05, 4.69) is 73.1 Å². The number of carbonyl (C=O) groups is 1. The summed E-state index contributed by atoms with van der Waals surface area (Å²) < 4.78 is 8.25. The zero-order valence-electron chi connectivity index (χ0n) is 20.0. The van der Waals surface area contributed by atoms with Crippen LogP contribution in [0.2, 0.25) is 0 Å². The van der Waals surface area contributed by atoms with Crippen molar-refractivity contribution in [3.05, 3.63) is 101 Å². The minimum atomic E-state index is -0.741. The number of aromatic nitrogens is 1. The second-order valence-corrected chi connectivity index (χ2v) is 9.39. The van der Waals surface area contributed by atoms with E-state index >= 15 is 0 Å². The van der Waals surface area contributed by atoms with Crippen molar-refractivity contribution in [2.45, 2.75) is 52.7 Å². The Kier molecular flexibility index (Phi) is 7.69. The molecule has 1 N–H and O–H groups in total. The maximum absolute atomic E-state index is 10.9. The molecule has 3 aromatic carbocycles. The summed E-state index contributed by atoms with van der Waals surface area (Å²) in [5, 5.41) is 10.2. The van der Waals surface area contributed by atoms with Crippen LogP contribution in [-0.2, 0) is 30.8 Å². The Bertz CT molecular complexity index is 1220. The van der Waals surface area contributed by atoms with E-state index < -0.39 is 5.97 Å². The summed E-state index contributed by atoms with van der Waals surface area (Å²) in [6, 6.07) is 25.3. The number of hydrogen-bond donors (Lipinski definition) is 1. The molecule has 4 nitrogen and oxygen atoms in total. The largest absolute Gasteiger partial charge is 0.489 e. The van der Waals surface area contributed by atoms with Gasteiger partial charge in [-0.15, -0.1) is 0 Å². The number of nitrogens with zero attached hydrogens (tertiary/aromatic N) is 1. The normalized spacial score (nSPS) is 11.3. The van der Waals surface area contributed by atoms with Crippen LogP contribution in [0, 0.1) is 5.92 Å². The number of aryl methyl sites for hydroxylation is 1. The van der Waals surface area contributed by atoms with Crippen LogP contribution < -0.4 is 4.74 Å². The number of fused-ring (bicyclic) bond motifs is 1. The van der Waals surface area contributed by atoms with Crippen LogP contribution in [0.15, 0.2) is 79.0 Å². The van der Waals surface area contributed by atoms with Crippen LogP contribution in [0.25, 0.3) is 10.9 Å². The molecule has 1 heterocycles. The van der Waals surface area contributed by atoms with E-state index in [1.54, 1.807) is 0 Å². The molecule has 0 amide bonds. The third kappa shape index (κ3) is 6.28. The van der Waals surface area contributed by atoms with Gasteiger partial charge in [0.05, 0.1) is 0 Å². The van der Waals surface area contributed by atoms with Crippen molar-refractivity contribution >= 4 is 16.9 Å². The fourth-order valence-corrected chi connectivity index (χ4v) is 4.38. The highest BCUT2D eigenvalue weighted by Crippen LogP contribution is 2.25. The van der Waals surface area contributed by atoms with E-state index in [-0.39, 0.29) is 6.42 Å². The van der Waals surface area contributed by atoms with Gasteiger partial charge in [-0.25, -0.2) is 0 Å². The molecule has 0 fully saturated rings. The molecule has 1 aromatic heterocycles. The Morgan fingerprint density at radius 3 is 2.29 bits per heavy atom. The van der Waals surface area contributed by atoms with Crippen LogP contribution in [0.1, 0.15) is 48.9 Å². The highest BCUT2D eigenvalue weighted by molar-refractivity contribution is 5.84. The third-order valence-electron chi connectivity index (χ3n) is 6.06. The van der Waals surface area contributed by atoms with Crippen LogP contribution in [-0.4, -0.2) is 15.6 Å². The monoisotopic (exact) mass is 455 g/mol. The lowest BCUT2D eigenvalue weighted by Crippen LogP contribution is -1.99. The van der Waals surface area contributed by atoms with E-state index in [1.807, 2.05) is 24.3 Å². The second-order valence-electron chi connectivity index (χ2n) is 9.39. The summed E-state index contributed by atoms with van der Waals surface area (Å²) in [5.41, 5.74) is 6.12. The van der Waals surface area contributed by atoms with Crippen molar-refractivity contribution in [2.24, 2.45) is 5.92 Å². The molecule has 0 aliphatic carbocycles. The van der Waals surface area contributed by atoms with Gasteiger partial charge in [-0.3, -0.25) is 4.79 Å². The topological polar surface area (TPSA) is 51.5 Å². The zero-order valence-corrected chi connectivity index (χ0v) is 20.0. The van der Waals surface area contributed by atoms with Gasteiger partial charge in [0.25, 0.3) is 0 Å². The molecule has 0 aliphatic heterocycles. The van der Waals surface area contributed by atoms with Gasteiger partial charge in [0.15, 0.2) is 0 Å². The minimum Gasteiger partial charge on any atom is -0.489 e. The van der Waals surface area contributed by atoms with Gasteiger partial charge in [0.1, 0.15) is 12.4 Å². The maximum atomic E-state index is 10.9. The molecule has 0 bridgehead atoms. The lowest BCUT2D eigenvalue weighted by atomic mass is 10.0. The highest BCUT2D eigenvalue weighted by Gasteiger charge is 2.09. The quantitative estimate of drug-likeness (QED) is 0.268. The van der Waals surface area contributed by atoms with Gasteiger partial charge in [-0.2, -0.15) is 0 Å². The SMILES string of the molecule is CC(C)Cc1ccc(COc2ccc(Cn3cc(CCCC(=O)O)c4ccccc43)cc2)cc1. The summed E-state index contributed by atoms with van der Waals surface area (Å²) in [4.78, 5) is 10.9. The number of aliphatic carboxylic acids is 1. The average Bonchev–Trinajstić information content (AvgIpc) is 3.16. The third-order valence-corrected chi connectivity index (χ3v) is 6.06. The van der Waals surface area contributed by atoms with Crippen LogP contribution >= 0.6 is 0 Å². The van der Waals surface area contributed by atoms with Crippen LogP contribution in [0.4, 0.5) is 0 Å². The Hall–Kier alpha value is -3.53. The second kappa shape index (κ2) is 11.1. The fraction of sp³-hybridized carbons (Fsp3) is 0.300. The van der Waals surface area contributed by atoms with Crippen molar-refractivity contribution in [1.29, 1.82) is 0 Å². The number of para-hydroxylation sites is 1. The molecule has 0 unspecified atom stereocenters. The van der Waals surface area contributed by atoms with Crippen molar-refractivity contribution in [3.8, 4) is 5.75 Å². The molecular formula is C30H33NO3. The van der Waals surface area contributed by atoms with Gasteiger partial charge < -0.3 is 14.4 Å². The first-order chi connectivity index (χ1) is 16.5. The molecule has 0 aliphatic rings. The molecule has 4 rings (SSSR count). The van der Waals surface area contributed by atoms with Crippen molar-refractivity contribution in [3.63, 3.8) is 0 Å². The first-order valence-electron chi connectivity index (χ1n) is 12.1. The average molecular weight is 456 g/mol. The van der Waals surface area contributed by atoms with Crippen molar-refractivity contribution in [2.75, 3.05) is 0 Å². The maximum Gasteiger partial charge on any atom is 0.303 e. The van der Waals surface area contributed by atoms with E-state index in [9.17, 15) is 4.79 Å². The van der Waals surface area contributed by atoms with E-state index in [4.69, 9.17) is 9.84 Å². The summed E-state index contributed by atoms with van der Waals surface area (Å²) >= 11 is 0. The van der Waals surface area contributed by atoms with E-state index in [0.29, 0.717) is 18.9 Å². The molecule has 4 heteroatoms. The number of carboxylic acid groups (broad SMARTS) is 1. The number of carboxylic acids is 1. The lowest BCUT2D eigenvalue weighted by molar-refractivity contribution is -0.137. The summed E-state index contributed by atoms with van der Waals surface area (Å²) in [7, 11) is 0. The highest BCUT2D eigenvalue weighted by atomic mass is 16.5. The molecule has 34 heavy (non-hydrogen) atoms. The van der Waals surface area contributed by atoms with E-state index in [1.165, 1.54) is 33.2 Å². The minimum absolute atomic E-state index is 0.197. The molecule has 0 radical (unpaired) electrons. The zero-order chi connectivity index (χ0) is 23.9. The lowest BCUT2D eigenvalue weighted by Gasteiger charge is -2.10. The van der Waals surface area contributed by atoms with Gasteiger partial charge in [-0.1, -0.05) is 68.4 Å². The Morgan fingerprint density at radius 2 is 1.59 bits per heavy atom. The summed E-state index contributed by atoms with van der Waals surface area (Å²) in [6.07, 6.45) is 4.88. The smallest absolute Gasteiger partial charge is 0.303 e. The number of benzene rings is 3. The first kappa shape index (κ1) is 23.6. The summed E-state index contributed by atoms with van der Waals surface area (Å²) in [5.74, 6) is 0.782. The number of ether oxygens (including phenoxy) is 1. The fourth-order valence-electron chi connectivity index (χ4n) is 4.38. The predicted octanol–water partition coefficient (Wildman–Crippen LogP) is 6.87. The molecule has 0 saturated carbocycles. The van der Waals surface area contributed by atoms with E-state index in [0.717, 1.165) is 25.1 Å². The molecule has 0 spiro atoms. The summed E-state index contributed by atoms with van der Waals surface area (Å²) in [6.45, 7) is 5.79. The molecule has 0 saturated heterocycles. The molecule has 0 atom stereocenters. The standard InChI is InChI=1S/C30H33NO3/c1-22(2)18-23-10-12-25(13-11-23)21-34-27-16-14-24(15-17-27)19-31-20-26(6-5-9-30(32)33)28-7-3-4-8-29(28)31/h3-4,7-8,10-17,20,22H,5-6,9,18-19,21H2,1-2H3,(H,32,33). The Balaban J connectivity index is 1.38. The van der Waals surface area contributed by atoms with Crippen LogP contribution in [0.5, 0.6) is 5.75 Å². The van der Waals surface area contributed by atoms with Crippen molar-refractivity contribution < 1.29 is 14.6 Å². The first-order valence-corrected chi connectivity index (χ1v) is 12.1. The molecular weight excluding hydrogens is 422 g/mol. The predicted molar refractivity (Wildman–Crippen MR) is 137 cm³/mol. The Labute approximate surface area is 201 Å². The van der Waals surface area contributed by atoms with Crippen molar-refractivity contribution in [1.82, 2.24) is 4.57 Å². The number of hydrogen-bond acceptors (Lipinski definition) is 2. The van der Waals surface area contributed by atoms with Gasteiger partial charge in [0, 0.05) is 30.1 Å². The molecule has 4 aromatic rings. The van der Waals surface area contributed by atoms with Gasteiger partial charge in [0.2, 0.25) is 0 Å². The van der Waals surface area contributed by atoms with Crippen LogP contribution in [0.3, 0.4) is 0 Å². The van der Waals surface area contributed by atoms with Gasteiger partial charge >= 0.3 is 5.97 Å². The molecule has 176 valence electrons.